The van der Waals surface area contributed by atoms with E-state index in [1.807, 2.05) is 18.2 Å². The average molecular weight is 380 g/mol. The molecular weight excluding hydrogens is 363 g/mol. The van der Waals surface area contributed by atoms with E-state index in [1.165, 1.54) is 7.11 Å². The zero-order chi connectivity index (χ0) is 19.5. The van der Waals surface area contributed by atoms with Crippen molar-refractivity contribution in [2.75, 3.05) is 24.9 Å². The highest BCUT2D eigenvalue weighted by Crippen LogP contribution is 2.31. The van der Waals surface area contributed by atoms with Crippen molar-refractivity contribution in [3.05, 3.63) is 54.6 Å². The van der Waals surface area contributed by atoms with E-state index in [0.717, 1.165) is 22.8 Å². The van der Waals surface area contributed by atoms with Gasteiger partial charge in [0, 0.05) is 22.8 Å². The van der Waals surface area contributed by atoms with Gasteiger partial charge in [0.2, 0.25) is 5.95 Å². The van der Waals surface area contributed by atoms with Crippen LogP contribution < -0.4 is 20.1 Å². The number of halogens is 1. The molecule has 0 amide bonds. The summed E-state index contributed by atoms with van der Waals surface area (Å²) in [6, 6.07) is 10.8. The number of benzene rings is 2. The lowest BCUT2D eigenvalue weighted by Crippen LogP contribution is -2.03. The van der Waals surface area contributed by atoms with Crippen molar-refractivity contribution in [3.8, 4) is 11.5 Å². The fourth-order valence-electron chi connectivity index (χ4n) is 2.72. The second-order valence-electron chi connectivity index (χ2n) is 5.88. The van der Waals surface area contributed by atoms with Gasteiger partial charge in [-0.25, -0.2) is 9.37 Å². The van der Waals surface area contributed by atoms with Crippen LogP contribution in [0.5, 0.6) is 11.5 Å². The van der Waals surface area contributed by atoms with E-state index in [9.17, 15) is 4.39 Å². The molecule has 0 unspecified atom stereocenters. The predicted molar refractivity (Wildman–Crippen MR) is 104 cm³/mol. The highest BCUT2D eigenvalue weighted by atomic mass is 19.1. The van der Waals surface area contributed by atoms with E-state index in [2.05, 4.69) is 30.8 Å². The molecule has 0 radical (unpaired) electrons. The Balaban J connectivity index is 1.58. The Hall–Kier alpha value is -3.88. The molecule has 2 aromatic carbocycles. The van der Waals surface area contributed by atoms with Crippen LogP contribution in [0.15, 0.2) is 48.8 Å². The summed E-state index contributed by atoms with van der Waals surface area (Å²) in [4.78, 5) is 8.22. The van der Waals surface area contributed by atoms with Crippen LogP contribution in [0.4, 0.5) is 27.5 Å². The minimum absolute atomic E-state index is 0.0362. The number of anilines is 4. The standard InChI is InChI=1S/C19H17FN6O2/c1-27-16-6-4-13(8-17(16)28-2)23-18-14(20)10-21-19(25-18)24-12-3-5-15-11(7-12)9-22-26-15/h3-10H,1-2H3,(H,22,26)(H2,21,23,24,25). The molecule has 0 aliphatic carbocycles. The Morgan fingerprint density at radius 3 is 2.54 bits per heavy atom. The summed E-state index contributed by atoms with van der Waals surface area (Å²) >= 11 is 0. The lowest BCUT2D eigenvalue weighted by atomic mass is 10.2. The van der Waals surface area contributed by atoms with Crippen molar-refractivity contribution in [1.29, 1.82) is 0 Å². The molecular formula is C19H17FN6O2. The number of H-pyrrole nitrogens is 1. The molecule has 4 aromatic rings. The smallest absolute Gasteiger partial charge is 0.229 e. The number of nitrogens with one attached hydrogen (secondary N) is 3. The zero-order valence-electron chi connectivity index (χ0n) is 15.2. The Bertz CT molecular complexity index is 1130. The lowest BCUT2D eigenvalue weighted by Gasteiger charge is -2.12. The molecule has 8 nitrogen and oxygen atoms in total. The topological polar surface area (TPSA) is 97.0 Å². The van der Waals surface area contributed by atoms with Crippen molar-refractivity contribution in [2.24, 2.45) is 0 Å². The number of aromatic amines is 1. The van der Waals surface area contributed by atoms with Gasteiger partial charge in [-0.1, -0.05) is 0 Å². The molecule has 2 aromatic heterocycles. The van der Waals surface area contributed by atoms with Crippen LogP contribution in [0.3, 0.4) is 0 Å². The molecule has 0 saturated carbocycles. The highest BCUT2D eigenvalue weighted by Gasteiger charge is 2.10. The lowest BCUT2D eigenvalue weighted by molar-refractivity contribution is 0.355. The van der Waals surface area contributed by atoms with Gasteiger partial charge < -0.3 is 20.1 Å². The van der Waals surface area contributed by atoms with E-state index >= 15 is 0 Å². The van der Waals surface area contributed by atoms with Gasteiger partial charge in [0.1, 0.15) is 0 Å². The molecule has 0 aliphatic heterocycles. The minimum atomic E-state index is -0.578. The molecule has 0 saturated heterocycles. The maximum atomic E-state index is 14.2. The third kappa shape index (κ3) is 3.50. The third-order valence-corrected chi connectivity index (χ3v) is 4.09. The maximum Gasteiger partial charge on any atom is 0.229 e. The van der Waals surface area contributed by atoms with Gasteiger partial charge in [-0.2, -0.15) is 10.1 Å². The van der Waals surface area contributed by atoms with Gasteiger partial charge in [0.25, 0.3) is 0 Å². The molecule has 3 N–H and O–H groups in total. The van der Waals surface area contributed by atoms with Crippen molar-refractivity contribution in [3.63, 3.8) is 0 Å². The average Bonchev–Trinajstić information content (AvgIpc) is 3.18. The van der Waals surface area contributed by atoms with E-state index in [-0.39, 0.29) is 11.8 Å². The molecule has 0 spiro atoms. The SMILES string of the molecule is COc1ccc(Nc2nc(Nc3ccc4[nH]ncc4c3)ncc2F)cc1OC. The van der Waals surface area contributed by atoms with Crippen LogP contribution in [-0.2, 0) is 0 Å². The first kappa shape index (κ1) is 17.5. The molecule has 4 rings (SSSR count). The van der Waals surface area contributed by atoms with Crippen LogP contribution in [0.25, 0.3) is 10.9 Å². The van der Waals surface area contributed by atoms with Crippen LogP contribution >= 0.6 is 0 Å². The highest BCUT2D eigenvalue weighted by molar-refractivity contribution is 5.82. The number of fused-ring (bicyclic) bond motifs is 1. The second kappa shape index (κ2) is 7.39. The third-order valence-electron chi connectivity index (χ3n) is 4.09. The van der Waals surface area contributed by atoms with Gasteiger partial charge in [0.05, 0.1) is 32.1 Å². The Morgan fingerprint density at radius 1 is 0.929 bits per heavy atom. The summed E-state index contributed by atoms with van der Waals surface area (Å²) in [6.07, 6.45) is 2.82. The molecule has 0 atom stereocenters. The first-order valence-electron chi connectivity index (χ1n) is 8.38. The molecule has 0 fully saturated rings. The van der Waals surface area contributed by atoms with Crippen molar-refractivity contribution < 1.29 is 13.9 Å². The number of hydrogen-bond donors (Lipinski definition) is 3. The number of hydrogen-bond acceptors (Lipinski definition) is 7. The Labute approximate surface area is 159 Å². The number of methoxy groups -OCH3 is 2. The summed E-state index contributed by atoms with van der Waals surface area (Å²) in [5.41, 5.74) is 2.28. The van der Waals surface area contributed by atoms with Crippen molar-refractivity contribution in [2.45, 2.75) is 0 Å². The summed E-state index contributed by atoms with van der Waals surface area (Å²) in [5.74, 6) is 0.814. The first-order valence-corrected chi connectivity index (χ1v) is 8.38. The normalized spacial score (nSPS) is 10.7. The van der Waals surface area contributed by atoms with E-state index in [1.54, 1.807) is 31.5 Å². The quantitative estimate of drug-likeness (QED) is 0.465. The number of aromatic nitrogens is 4. The van der Waals surface area contributed by atoms with Crippen LogP contribution in [0.2, 0.25) is 0 Å². The summed E-state index contributed by atoms with van der Waals surface area (Å²) in [7, 11) is 3.08. The minimum Gasteiger partial charge on any atom is -0.493 e. The van der Waals surface area contributed by atoms with Gasteiger partial charge in [-0.15, -0.1) is 0 Å². The maximum absolute atomic E-state index is 14.2. The van der Waals surface area contributed by atoms with E-state index in [4.69, 9.17) is 9.47 Å². The predicted octanol–water partition coefficient (Wildman–Crippen LogP) is 4.00. The van der Waals surface area contributed by atoms with Gasteiger partial charge in [0.15, 0.2) is 23.1 Å². The molecule has 28 heavy (non-hydrogen) atoms. The first-order chi connectivity index (χ1) is 13.7. The largest absolute Gasteiger partial charge is 0.493 e. The molecule has 2 heterocycles. The van der Waals surface area contributed by atoms with Gasteiger partial charge >= 0.3 is 0 Å². The fourth-order valence-corrected chi connectivity index (χ4v) is 2.72. The Kier molecular flexibility index (Phi) is 4.63. The Morgan fingerprint density at radius 2 is 1.71 bits per heavy atom. The molecule has 0 aliphatic rings. The van der Waals surface area contributed by atoms with Crippen molar-refractivity contribution in [1.82, 2.24) is 20.2 Å². The van der Waals surface area contributed by atoms with Crippen LogP contribution in [-0.4, -0.2) is 34.4 Å². The summed E-state index contributed by atoms with van der Waals surface area (Å²) in [6.45, 7) is 0. The summed E-state index contributed by atoms with van der Waals surface area (Å²) < 4.78 is 24.7. The number of rotatable bonds is 6. The van der Waals surface area contributed by atoms with Crippen LogP contribution in [0.1, 0.15) is 0 Å². The van der Waals surface area contributed by atoms with Crippen molar-refractivity contribution >= 4 is 34.0 Å². The molecule has 142 valence electrons. The van der Waals surface area contributed by atoms with E-state index in [0.29, 0.717) is 17.2 Å². The zero-order valence-corrected chi connectivity index (χ0v) is 15.2. The second-order valence-corrected chi connectivity index (χ2v) is 5.88. The monoisotopic (exact) mass is 380 g/mol. The van der Waals surface area contributed by atoms with E-state index < -0.39 is 5.82 Å². The summed E-state index contributed by atoms with van der Waals surface area (Å²) in [5, 5.41) is 13.8. The van der Waals surface area contributed by atoms with Gasteiger partial charge in [-0.3, -0.25) is 5.10 Å². The number of nitrogens with zero attached hydrogens (tertiary/aromatic N) is 3. The molecule has 9 heteroatoms. The van der Waals surface area contributed by atoms with Gasteiger partial charge in [-0.05, 0) is 30.3 Å². The number of ether oxygens (including phenoxy) is 2. The van der Waals surface area contributed by atoms with Crippen LogP contribution in [0, 0.1) is 5.82 Å². The fraction of sp³-hybridized carbons (Fsp3) is 0.105. The molecule has 0 bridgehead atoms.